The fourth-order valence-corrected chi connectivity index (χ4v) is 1.26. The number of carbonyl (C=O) groups excluding carboxylic acids is 1. The van der Waals surface area contributed by atoms with Crippen LogP contribution in [0.25, 0.3) is 0 Å². The number of nitrogens with one attached hydrogen (secondary N) is 1. The molecule has 0 unspecified atom stereocenters. The maximum absolute atomic E-state index is 11.3. The van der Waals surface area contributed by atoms with Crippen LogP contribution in [-0.4, -0.2) is 11.6 Å². The monoisotopic (exact) mass is 206 g/mol. The summed E-state index contributed by atoms with van der Waals surface area (Å²) in [6.45, 7) is 3.69. The van der Waals surface area contributed by atoms with Gasteiger partial charge in [-0.05, 0) is 38.8 Å². The third-order valence-electron chi connectivity index (χ3n) is 2.38. The molecule has 0 radical (unpaired) electrons. The summed E-state index contributed by atoms with van der Waals surface area (Å²) in [5.41, 5.74) is 3.23. The first-order valence-electron chi connectivity index (χ1n) is 5.08. The Balaban J connectivity index is 1.97. The van der Waals surface area contributed by atoms with E-state index in [0.29, 0.717) is 11.5 Å². The Morgan fingerprint density at radius 1 is 1.53 bits per heavy atom. The minimum absolute atomic E-state index is 0.0117. The van der Waals surface area contributed by atoms with Crippen LogP contribution in [0.5, 0.6) is 0 Å². The van der Waals surface area contributed by atoms with Gasteiger partial charge in [-0.25, -0.2) is 5.43 Å². The van der Waals surface area contributed by atoms with Crippen molar-refractivity contribution in [2.24, 2.45) is 11.0 Å². The molecular weight excluding hydrogens is 192 g/mol. The maximum atomic E-state index is 11.3. The molecule has 1 amide bonds. The zero-order valence-corrected chi connectivity index (χ0v) is 8.91. The highest BCUT2D eigenvalue weighted by molar-refractivity contribution is 5.97. The molecule has 1 N–H and O–H groups in total. The number of amides is 1. The quantitative estimate of drug-likeness (QED) is 0.606. The smallest absolute Gasteiger partial charge is 0.243 e. The molecule has 1 aromatic heterocycles. The van der Waals surface area contributed by atoms with E-state index < -0.39 is 0 Å². The van der Waals surface area contributed by atoms with Gasteiger partial charge >= 0.3 is 0 Å². The normalized spacial score (nSPS) is 16.5. The van der Waals surface area contributed by atoms with Crippen molar-refractivity contribution in [1.29, 1.82) is 0 Å². The highest BCUT2D eigenvalue weighted by atomic mass is 16.3. The summed E-state index contributed by atoms with van der Waals surface area (Å²) in [5, 5.41) is 3.99. The van der Waals surface area contributed by atoms with E-state index in [4.69, 9.17) is 4.42 Å². The lowest BCUT2D eigenvalue weighted by Crippen LogP contribution is -2.20. The van der Waals surface area contributed by atoms with Gasteiger partial charge in [0.05, 0.1) is 0 Å². The first-order valence-corrected chi connectivity index (χ1v) is 5.08. The Morgan fingerprint density at radius 3 is 2.80 bits per heavy atom. The fraction of sp³-hybridized carbons (Fsp3) is 0.455. The van der Waals surface area contributed by atoms with Gasteiger partial charge in [0, 0.05) is 5.92 Å². The van der Waals surface area contributed by atoms with Crippen molar-refractivity contribution in [3.8, 4) is 0 Å². The molecule has 15 heavy (non-hydrogen) atoms. The fourth-order valence-electron chi connectivity index (χ4n) is 1.26. The Bertz CT molecular complexity index is 402. The van der Waals surface area contributed by atoms with Gasteiger partial charge in [-0.15, -0.1) is 0 Å². The van der Waals surface area contributed by atoms with Crippen LogP contribution < -0.4 is 5.43 Å². The third kappa shape index (κ3) is 2.46. The number of furan rings is 1. The van der Waals surface area contributed by atoms with Crippen LogP contribution >= 0.6 is 0 Å². The number of hydrogen-bond donors (Lipinski definition) is 1. The summed E-state index contributed by atoms with van der Waals surface area (Å²) < 4.78 is 5.37. The van der Waals surface area contributed by atoms with Gasteiger partial charge in [0.15, 0.2) is 0 Å². The van der Waals surface area contributed by atoms with E-state index in [-0.39, 0.29) is 11.8 Å². The van der Waals surface area contributed by atoms with Crippen molar-refractivity contribution in [2.45, 2.75) is 26.7 Å². The molecule has 0 bridgehead atoms. The molecular formula is C11H14N2O2. The van der Waals surface area contributed by atoms with Crippen LogP contribution in [0.1, 0.15) is 31.3 Å². The van der Waals surface area contributed by atoms with Crippen molar-refractivity contribution >= 4 is 11.6 Å². The molecule has 1 aliphatic rings. The lowest BCUT2D eigenvalue weighted by atomic mass is 10.3. The first kappa shape index (κ1) is 9.96. The molecule has 1 heterocycles. The molecule has 1 fully saturated rings. The molecule has 80 valence electrons. The molecule has 0 aromatic carbocycles. The van der Waals surface area contributed by atoms with E-state index in [0.717, 1.165) is 18.6 Å². The Kier molecular flexibility index (Phi) is 2.58. The van der Waals surface area contributed by atoms with Gasteiger partial charge in [0.1, 0.15) is 17.2 Å². The van der Waals surface area contributed by atoms with Crippen LogP contribution in [0.2, 0.25) is 0 Å². The largest absolute Gasteiger partial charge is 0.460 e. The summed E-state index contributed by atoms with van der Waals surface area (Å²) in [6.07, 6.45) is 1.97. The van der Waals surface area contributed by atoms with Gasteiger partial charge in [0.25, 0.3) is 0 Å². The Hall–Kier alpha value is -1.58. The van der Waals surface area contributed by atoms with Crippen LogP contribution in [0, 0.1) is 12.8 Å². The topological polar surface area (TPSA) is 54.6 Å². The van der Waals surface area contributed by atoms with Crippen LogP contribution in [0.4, 0.5) is 0 Å². The summed E-state index contributed by atoms with van der Waals surface area (Å²) in [6, 6.07) is 3.72. The van der Waals surface area contributed by atoms with Crippen molar-refractivity contribution in [2.75, 3.05) is 0 Å². The summed E-state index contributed by atoms with van der Waals surface area (Å²) >= 11 is 0. The molecule has 1 aromatic rings. The van der Waals surface area contributed by atoms with Crippen molar-refractivity contribution in [3.63, 3.8) is 0 Å². The molecule has 1 aliphatic carbocycles. The first-order chi connectivity index (χ1) is 7.16. The Labute approximate surface area is 88.4 Å². The average Bonchev–Trinajstić information content (AvgIpc) is 2.97. The number of rotatable bonds is 3. The lowest BCUT2D eigenvalue weighted by Gasteiger charge is -1.98. The lowest BCUT2D eigenvalue weighted by molar-refractivity contribution is -0.122. The second kappa shape index (κ2) is 3.88. The van der Waals surface area contributed by atoms with E-state index in [1.165, 1.54) is 0 Å². The minimum Gasteiger partial charge on any atom is -0.460 e. The van der Waals surface area contributed by atoms with E-state index in [1.807, 2.05) is 26.0 Å². The van der Waals surface area contributed by atoms with Gasteiger partial charge in [-0.1, -0.05) is 0 Å². The third-order valence-corrected chi connectivity index (χ3v) is 2.38. The van der Waals surface area contributed by atoms with Gasteiger partial charge in [-0.2, -0.15) is 5.10 Å². The number of hydrazone groups is 1. The number of nitrogens with zero attached hydrogens (tertiary/aromatic N) is 1. The van der Waals surface area contributed by atoms with Crippen LogP contribution in [0.3, 0.4) is 0 Å². The predicted octanol–water partition coefficient (Wildman–Crippen LogP) is 1.84. The average molecular weight is 206 g/mol. The molecule has 2 rings (SSSR count). The molecule has 0 saturated heterocycles. The summed E-state index contributed by atoms with van der Waals surface area (Å²) in [7, 11) is 0. The molecule has 1 saturated carbocycles. The van der Waals surface area contributed by atoms with Crippen molar-refractivity contribution in [3.05, 3.63) is 23.7 Å². The molecule has 0 spiro atoms. The molecule has 0 atom stereocenters. The van der Waals surface area contributed by atoms with Crippen molar-refractivity contribution < 1.29 is 9.21 Å². The zero-order valence-electron chi connectivity index (χ0n) is 8.91. The number of hydrogen-bond acceptors (Lipinski definition) is 3. The zero-order chi connectivity index (χ0) is 10.8. The standard InChI is InChI=1S/C11H14N2O2/c1-7-3-6-10(15-7)8(2)12-13-11(14)9-4-5-9/h3,6,9H,4-5H2,1-2H3,(H,13,14). The number of carbonyl (C=O) groups is 1. The van der Waals surface area contributed by atoms with E-state index >= 15 is 0 Å². The highest BCUT2D eigenvalue weighted by Gasteiger charge is 2.29. The van der Waals surface area contributed by atoms with Gasteiger partial charge in [-0.3, -0.25) is 4.79 Å². The maximum Gasteiger partial charge on any atom is 0.243 e. The van der Waals surface area contributed by atoms with Gasteiger partial charge < -0.3 is 4.42 Å². The molecule has 0 aliphatic heterocycles. The van der Waals surface area contributed by atoms with E-state index in [2.05, 4.69) is 10.5 Å². The van der Waals surface area contributed by atoms with Crippen molar-refractivity contribution in [1.82, 2.24) is 5.43 Å². The SMILES string of the molecule is CC(=NNC(=O)C1CC1)c1ccc(C)o1. The van der Waals surface area contributed by atoms with Gasteiger partial charge in [0.2, 0.25) is 5.91 Å². The molecule has 4 heteroatoms. The minimum atomic E-state index is 0.0117. The number of aryl methyl sites for hydroxylation is 1. The summed E-state index contributed by atoms with van der Waals surface area (Å²) in [4.78, 5) is 11.3. The highest BCUT2D eigenvalue weighted by Crippen LogP contribution is 2.28. The van der Waals surface area contributed by atoms with Crippen LogP contribution in [-0.2, 0) is 4.79 Å². The van der Waals surface area contributed by atoms with E-state index in [9.17, 15) is 4.79 Å². The predicted molar refractivity (Wildman–Crippen MR) is 56.5 cm³/mol. The summed E-state index contributed by atoms with van der Waals surface area (Å²) in [5.74, 6) is 1.73. The van der Waals surface area contributed by atoms with E-state index in [1.54, 1.807) is 0 Å². The molecule has 4 nitrogen and oxygen atoms in total. The second-order valence-electron chi connectivity index (χ2n) is 3.86. The second-order valence-corrected chi connectivity index (χ2v) is 3.86. The van der Waals surface area contributed by atoms with Crippen LogP contribution in [0.15, 0.2) is 21.7 Å². The Morgan fingerprint density at radius 2 is 2.27 bits per heavy atom.